The third-order valence-corrected chi connectivity index (χ3v) is 4.83. The first-order valence-electron chi connectivity index (χ1n) is 9.93. The molecule has 7 nitrogen and oxygen atoms in total. The molecule has 8 heteroatoms. The molecule has 4 rings (SSSR count). The zero-order valence-corrected chi connectivity index (χ0v) is 16.8. The van der Waals surface area contributed by atoms with Gasteiger partial charge in [0.05, 0.1) is 18.9 Å². The standard InChI is InChI=1S/C22H24FN5O2/c1-15-26-21(28-8-10-29-11-9-28)13-22(27-15)30-20-12-17(23)3-4-18(20)19-5-2-16(6-7-24)14-25-19/h2-5,12-14H,6-11,24H2,1H3. The Labute approximate surface area is 174 Å². The zero-order chi connectivity index (χ0) is 20.9. The molecule has 2 N–H and O–H groups in total. The quantitative estimate of drug-likeness (QED) is 0.669. The van der Waals surface area contributed by atoms with E-state index >= 15 is 0 Å². The number of nitrogens with two attached hydrogens (primary N) is 1. The van der Waals surface area contributed by atoms with E-state index in [1.807, 2.05) is 12.1 Å². The van der Waals surface area contributed by atoms with Crippen molar-refractivity contribution in [1.82, 2.24) is 15.0 Å². The molecule has 1 saturated heterocycles. The highest BCUT2D eigenvalue weighted by Gasteiger charge is 2.16. The minimum absolute atomic E-state index is 0.347. The van der Waals surface area contributed by atoms with Gasteiger partial charge in [0.1, 0.15) is 23.2 Å². The van der Waals surface area contributed by atoms with Crippen LogP contribution in [0, 0.1) is 12.7 Å². The van der Waals surface area contributed by atoms with Crippen molar-refractivity contribution in [2.24, 2.45) is 5.73 Å². The van der Waals surface area contributed by atoms with Gasteiger partial charge in [0.25, 0.3) is 0 Å². The predicted octanol–water partition coefficient (Wildman–Crippen LogP) is 3.12. The van der Waals surface area contributed by atoms with Gasteiger partial charge in [-0.1, -0.05) is 6.07 Å². The SMILES string of the molecule is Cc1nc(Oc2cc(F)ccc2-c2ccc(CCN)cn2)cc(N2CCOCC2)n1. The van der Waals surface area contributed by atoms with Crippen LogP contribution in [0.4, 0.5) is 10.2 Å². The Morgan fingerprint density at radius 1 is 1.13 bits per heavy atom. The van der Waals surface area contributed by atoms with E-state index in [0.717, 1.165) is 30.9 Å². The van der Waals surface area contributed by atoms with Gasteiger partial charge in [0.15, 0.2) is 0 Å². The zero-order valence-electron chi connectivity index (χ0n) is 16.8. The van der Waals surface area contributed by atoms with Crippen molar-refractivity contribution in [3.63, 3.8) is 0 Å². The molecule has 1 aromatic carbocycles. The number of aryl methyl sites for hydroxylation is 1. The predicted molar refractivity (Wildman–Crippen MR) is 112 cm³/mol. The molecule has 0 saturated carbocycles. The molecule has 0 bridgehead atoms. The van der Waals surface area contributed by atoms with Crippen LogP contribution in [-0.4, -0.2) is 47.8 Å². The fraction of sp³-hybridized carbons (Fsp3) is 0.318. The van der Waals surface area contributed by atoms with Crippen LogP contribution in [0.1, 0.15) is 11.4 Å². The average molecular weight is 409 g/mol. The highest BCUT2D eigenvalue weighted by atomic mass is 19.1. The van der Waals surface area contributed by atoms with Gasteiger partial charge in [0.2, 0.25) is 5.88 Å². The van der Waals surface area contributed by atoms with Crippen molar-refractivity contribution < 1.29 is 13.9 Å². The van der Waals surface area contributed by atoms with Gasteiger partial charge in [-0.15, -0.1) is 0 Å². The van der Waals surface area contributed by atoms with E-state index < -0.39 is 5.82 Å². The molecule has 0 atom stereocenters. The van der Waals surface area contributed by atoms with E-state index in [0.29, 0.717) is 48.5 Å². The lowest BCUT2D eigenvalue weighted by Crippen LogP contribution is -2.36. The molecule has 1 fully saturated rings. The molecule has 0 radical (unpaired) electrons. The third-order valence-electron chi connectivity index (χ3n) is 4.83. The Kier molecular flexibility index (Phi) is 6.15. The van der Waals surface area contributed by atoms with Crippen molar-refractivity contribution >= 4 is 5.82 Å². The van der Waals surface area contributed by atoms with Gasteiger partial charge in [-0.2, -0.15) is 4.98 Å². The molecule has 0 unspecified atom stereocenters. The largest absolute Gasteiger partial charge is 0.438 e. The molecular formula is C22H24FN5O2. The summed E-state index contributed by atoms with van der Waals surface area (Å²) in [6.45, 7) is 5.17. The van der Waals surface area contributed by atoms with Gasteiger partial charge < -0.3 is 20.1 Å². The lowest BCUT2D eigenvalue weighted by Gasteiger charge is -2.28. The summed E-state index contributed by atoms with van der Waals surface area (Å²) in [7, 11) is 0. The summed E-state index contributed by atoms with van der Waals surface area (Å²) in [6.07, 6.45) is 2.53. The second kappa shape index (κ2) is 9.15. The Hall–Kier alpha value is -3.10. The molecule has 3 heterocycles. The van der Waals surface area contributed by atoms with E-state index in [1.165, 1.54) is 12.1 Å². The Morgan fingerprint density at radius 2 is 1.97 bits per heavy atom. The Bertz CT molecular complexity index is 1010. The fourth-order valence-corrected chi connectivity index (χ4v) is 3.34. The van der Waals surface area contributed by atoms with Crippen LogP contribution in [0.15, 0.2) is 42.6 Å². The smallest absolute Gasteiger partial charge is 0.224 e. The van der Waals surface area contributed by atoms with E-state index in [4.69, 9.17) is 15.2 Å². The van der Waals surface area contributed by atoms with Crippen LogP contribution in [0.2, 0.25) is 0 Å². The third kappa shape index (κ3) is 4.72. The Morgan fingerprint density at radius 3 is 2.70 bits per heavy atom. The maximum atomic E-state index is 14.0. The second-order valence-electron chi connectivity index (χ2n) is 7.04. The van der Waals surface area contributed by atoms with Crippen molar-refractivity contribution in [1.29, 1.82) is 0 Å². The molecule has 1 aliphatic rings. The first-order chi connectivity index (χ1) is 14.6. The normalized spacial score (nSPS) is 14.0. The lowest BCUT2D eigenvalue weighted by molar-refractivity contribution is 0.122. The van der Waals surface area contributed by atoms with Crippen LogP contribution in [0.25, 0.3) is 11.3 Å². The molecule has 3 aromatic rings. The van der Waals surface area contributed by atoms with Crippen molar-refractivity contribution in [2.75, 3.05) is 37.7 Å². The number of anilines is 1. The van der Waals surface area contributed by atoms with Gasteiger partial charge in [-0.3, -0.25) is 4.98 Å². The molecule has 2 aromatic heterocycles. The van der Waals surface area contributed by atoms with E-state index in [2.05, 4.69) is 19.9 Å². The monoisotopic (exact) mass is 409 g/mol. The number of hydrogen-bond acceptors (Lipinski definition) is 7. The average Bonchev–Trinajstić information content (AvgIpc) is 2.75. The molecule has 0 amide bonds. The number of hydrogen-bond donors (Lipinski definition) is 1. The molecule has 1 aliphatic heterocycles. The number of benzene rings is 1. The number of pyridine rings is 1. The summed E-state index contributed by atoms with van der Waals surface area (Å²) in [4.78, 5) is 15.5. The molecule has 30 heavy (non-hydrogen) atoms. The lowest BCUT2D eigenvalue weighted by atomic mass is 10.1. The summed E-state index contributed by atoms with van der Waals surface area (Å²) < 4.78 is 25.4. The van der Waals surface area contributed by atoms with Crippen LogP contribution in [0.5, 0.6) is 11.6 Å². The minimum Gasteiger partial charge on any atom is -0.438 e. The summed E-state index contributed by atoms with van der Waals surface area (Å²) in [5.41, 5.74) is 8.02. The maximum absolute atomic E-state index is 14.0. The van der Waals surface area contributed by atoms with Crippen LogP contribution in [0.3, 0.4) is 0 Å². The van der Waals surface area contributed by atoms with Gasteiger partial charge in [-0.05, 0) is 43.7 Å². The molecular weight excluding hydrogens is 385 g/mol. The summed E-state index contributed by atoms with van der Waals surface area (Å²) >= 11 is 0. The first-order valence-corrected chi connectivity index (χ1v) is 9.93. The van der Waals surface area contributed by atoms with Gasteiger partial charge in [-0.25, -0.2) is 9.37 Å². The number of nitrogens with zero attached hydrogens (tertiary/aromatic N) is 4. The summed E-state index contributed by atoms with van der Waals surface area (Å²) in [5.74, 6) is 1.66. The van der Waals surface area contributed by atoms with E-state index in [9.17, 15) is 4.39 Å². The Balaban J connectivity index is 1.64. The number of morpholine rings is 1. The van der Waals surface area contributed by atoms with Gasteiger partial charge in [0, 0.05) is 37.0 Å². The van der Waals surface area contributed by atoms with Crippen LogP contribution in [-0.2, 0) is 11.2 Å². The minimum atomic E-state index is -0.396. The number of rotatable bonds is 6. The number of halogens is 1. The van der Waals surface area contributed by atoms with Crippen molar-refractivity contribution in [3.05, 3.63) is 59.8 Å². The van der Waals surface area contributed by atoms with Crippen molar-refractivity contribution in [2.45, 2.75) is 13.3 Å². The highest BCUT2D eigenvalue weighted by Crippen LogP contribution is 2.33. The number of aromatic nitrogens is 3. The maximum Gasteiger partial charge on any atom is 0.224 e. The topological polar surface area (TPSA) is 86.4 Å². The molecule has 0 aliphatic carbocycles. The van der Waals surface area contributed by atoms with Crippen LogP contribution < -0.4 is 15.4 Å². The molecule has 156 valence electrons. The highest BCUT2D eigenvalue weighted by molar-refractivity contribution is 5.67. The summed E-state index contributed by atoms with van der Waals surface area (Å²) in [5, 5.41) is 0. The summed E-state index contributed by atoms with van der Waals surface area (Å²) in [6, 6.07) is 10.0. The number of ether oxygens (including phenoxy) is 2. The van der Waals surface area contributed by atoms with Crippen LogP contribution >= 0.6 is 0 Å². The van der Waals surface area contributed by atoms with E-state index in [-0.39, 0.29) is 0 Å². The van der Waals surface area contributed by atoms with Gasteiger partial charge >= 0.3 is 0 Å². The first kappa shape index (κ1) is 20.2. The second-order valence-corrected chi connectivity index (χ2v) is 7.04. The van der Waals surface area contributed by atoms with Crippen molar-refractivity contribution in [3.8, 4) is 22.9 Å². The fourth-order valence-electron chi connectivity index (χ4n) is 3.34. The molecule has 0 spiro atoms. The van der Waals surface area contributed by atoms with E-state index in [1.54, 1.807) is 25.3 Å².